The fraction of sp³-hybridized carbons (Fsp3) is 0.895. The number of nitrogens with zero attached hydrogens (tertiary/aromatic N) is 3. The third kappa shape index (κ3) is 7.21. The molecule has 6 nitrogen and oxygen atoms in total. The highest BCUT2D eigenvalue weighted by Gasteiger charge is 2.27. The number of halogens is 1. The van der Waals surface area contributed by atoms with E-state index in [9.17, 15) is 4.79 Å². The molecule has 1 saturated heterocycles. The van der Waals surface area contributed by atoms with E-state index in [1.807, 2.05) is 14.0 Å². The zero-order valence-corrected chi connectivity index (χ0v) is 19.0. The van der Waals surface area contributed by atoms with Gasteiger partial charge < -0.3 is 19.9 Å². The molecule has 7 heteroatoms. The molecule has 0 aromatic rings. The van der Waals surface area contributed by atoms with Crippen LogP contribution in [0, 0.1) is 5.92 Å². The lowest BCUT2D eigenvalue weighted by molar-refractivity contribution is -0.149. The Balaban J connectivity index is 0.00000338. The Morgan fingerprint density at radius 2 is 1.85 bits per heavy atom. The Labute approximate surface area is 176 Å². The molecule has 1 saturated carbocycles. The average molecular weight is 480 g/mol. The number of guanidine groups is 1. The molecule has 0 aromatic heterocycles. The van der Waals surface area contributed by atoms with Crippen LogP contribution in [-0.4, -0.2) is 74.7 Å². The van der Waals surface area contributed by atoms with Crippen molar-refractivity contribution >= 4 is 35.9 Å². The molecule has 2 rings (SSSR count). The number of hydrogen-bond donors (Lipinski definition) is 1. The van der Waals surface area contributed by atoms with Gasteiger partial charge in [-0.3, -0.25) is 9.79 Å². The molecule has 152 valence electrons. The first-order valence-electron chi connectivity index (χ1n) is 9.98. The summed E-state index contributed by atoms with van der Waals surface area (Å²) in [5.41, 5.74) is 0. The number of ether oxygens (including phenoxy) is 1. The topological polar surface area (TPSA) is 57.2 Å². The van der Waals surface area contributed by atoms with E-state index in [1.165, 1.54) is 32.1 Å². The number of nitrogens with one attached hydrogen (secondary N) is 1. The van der Waals surface area contributed by atoms with Gasteiger partial charge in [-0.15, -0.1) is 24.0 Å². The number of piperidine rings is 1. The molecule has 0 amide bonds. The lowest BCUT2D eigenvalue weighted by Crippen LogP contribution is -2.48. The number of likely N-dealkylation sites (N-methyl/N-ethyl adjacent to an activating group) is 1. The van der Waals surface area contributed by atoms with Crippen molar-refractivity contribution < 1.29 is 9.53 Å². The van der Waals surface area contributed by atoms with Crippen molar-refractivity contribution in [3.8, 4) is 0 Å². The molecule has 1 aliphatic heterocycles. The fourth-order valence-electron chi connectivity index (χ4n) is 3.97. The summed E-state index contributed by atoms with van der Waals surface area (Å²) in [6.45, 7) is 6.02. The number of carbonyl (C=O) groups is 1. The van der Waals surface area contributed by atoms with E-state index in [-0.39, 0.29) is 35.9 Å². The van der Waals surface area contributed by atoms with Gasteiger partial charge in [-0.1, -0.05) is 19.3 Å². The summed E-state index contributed by atoms with van der Waals surface area (Å²) in [5.74, 6) is 0.963. The quantitative estimate of drug-likeness (QED) is 0.274. The van der Waals surface area contributed by atoms with Crippen LogP contribution in [-0.2, 0) is 9.53 Å². The minimum Gasteiger partial charge on any atom is -0.466 e. The highest BCUT2D eigenvalue weighted by atomic mass is 127. The zero-order valence-electron chi connectivity index (χ0n) is 16.7. The van der Waals surface area contributed by atoms with Gasteiger partial charge in [0.05, 0.1) is 12.5 Å². The first-order valence-corrected chi connectivity index (χ1v) is 9.98. The number of carbonyl (C=O) groups excluding carboxylic acids is 1. The molecule has 0 radical (unpaired) electrons. The number of rotatable bonds is 6. The molecule has 2 fully saturated rings. The molecule has 1 heterocycles. The van der Waals surface area contributed by atoms with Crippen molar-refractivity contribution in [3.05, 3.63) is 0 Å². The monoisotopic (exact) mass is 480 g/mol. The summed E-state index contributed by atoms with van der Waals surface area (Å²) >= 11 is 0. The van der Waals surface area contributed by atoms with Gasteiger partial charge in [0.1, 0.15) is 0 Å². The number of esters is 1. The molecule has 1 N–H and O–H groups in total. The van der Waals surface area contributed by atoms with Crippen LogP contribution < -0.4 is 5.32 Å². The summed E-state index contributed by atoms with van der Waals surface area (Å²) in [6.07, 6.45) is 8.53. The maximum absolute atomic E-state index is 11.8. The molecular formula is C19H37IN4O2. The Morgan fingerprint density at radius 1 is 1.19 bits per heavy atom. The molecule has 0 atom stereocenters. The Hall–Kier alpha value is -0.570. The van der Waals surface area contributed by atoms with Crippen LogP contribution in [0.4, 0.5) is 0 Å². The second-order valence-corrected chi connectivity index (χ2v) is 7.26. The maximum Gasteiger partial charge on any atom is 0.309 e. The molecule has 0 aromatic carbocycles. The predicted octanol–water partition coefficient (Wildman–Crippen LogP) is 2.72. The van der Waals surface area contributed by atoms with Gasteiger partial charge in [0.15, 0.2) is 5.96 Å². The van der Waals surface area contributed by atoms with E-state index < -0.39 is 0 Å². The lowest BCUT2D eigenvalue weighted by Gasteiger charge is -2.34. The van der Waals surface area contributed by atoms with Crippen LogP contribution in [0.1, 0.15) is 51.9 Å². The predicted molar refractivity (Wildman–Crippen MR) is 117 cm³/mol. The summed E-state index contributed by atoms with van der Waals surface area (Å²) in [5, 5.41) is 3.50. The van der Waals surface area contributed by atoms with Crippen molar-refractivity contribution in [2.75, 3.05) is 46.9 Å². The third-order valence-corrected chi connectivity index (χ3v) is 5.57. The summed E-state index contributed by atoms with van der Waals surface area (Å²) in [6, 6.07) is 0.748. The highest BCUT2D eigenvalue weighted by molar-refractivity contribution is 14.0. The molecule has 2 aliphatic rings. The highest BCUT2D eigenvalue weighted by Crippen LogP contribution is 2.21. The molecule has 26 heavy (non-hydrogen) atoms. The minimum atomic E-state index is -0.0424. The van der Waals surface area contributed by atoms with E-state index in [2.05, 4.69) is 27.2 Å². The summed E-state index contributed by atoms with van der Waals surface area (Å²) in [7, 11) is 4.08. The third-order valence-electron chi connectivity index (χ3n) is 5.57. The minimum absolute atomic E-state index is 0. The number of likely N-dealkylation sites (tertiary alicyclic amines) is 1. The summed E-state index contributed by atoms with van der Waals surface area (Å²) < 4.78 is 5.14. The van der Waals surface area contributed by atoms with Crippen LogP contribution in [0.5, 0.6) is 0 Å². The van der Waals surface area contributed by atoms with Crippen molar-refractivity contribution in [1.29, 1.82) is 0 Å². The average Bonchev–Trinajstić information content (AvgIpc) is 2.66. The van der Waals surface area contributed by atoms with E-state index in [4.69, 9.17) is 4.74 Å². The van der Waals surface area contributed by atoms with Crippen LogP contribution in [0.25, 0.3) is 0 Å². The molecular weight excluding hydrogens is 443 g/mol. The zero-order chi connectivity index (χ0) is 18.1. The van der Waals surface area contributed by atoms with Crippen LogP contribution in [0.15, 0.2) is 4.99 Å². The lowest BCUT2D eigenvalue weighted by atomic mass is 9.94. The van der Waals surface area contributed by atoms with Gasteiger partial charge in [-0.2, -0.15) is 0 Å². The normalized spacial score (nSPS) is 20.0. The van der Waals surface area contributed by atoms with Crippen molar-refractivity contribution in [3.63, 3.8) is 0 Å². The van der Waals surface area contributed by atoms with Crippen LogP contribution in [0.3, 0.4) is 0 Å². The number of hydrogen-bond acceptors (Lipinski definition) is 4. The second-order valence-electron chi connectivity index (χ2n) is 7.26. The van der Waals surface area contributed by atoms with Gasteiger partial charge in [-0.25, -0.2) is 0 Å². The SMILES string of the molecule is CCOC(=O)C1CCN(C(=NC)NCCN(C)C2CCCCC2)CC1.I. The van der Waals surface area contributed by atoms with E-state index in [0.29, 0.717) is 6.61 Å². The Bertz CT molecular complexity index is 433. The van der Waals surface area contributed by atoms with Gasteiger partial charge in [0, 0.05) is 39.3 Å². The van der Waals surface area contributed by atoms with Crippen LogP contribution in [0.2, 0.25) is 0 Å². The number of aliphatic imine (C=N–C) groups is 1. The van der Waals surface area contributed by atoms with E-state index in [1.54, 1.807) is 0 Å². The van der Waals surface area contributed by atoms with E-state index in [0.717, 1.165) is 51.0 Å². The van der Waals surface area contributed by atoms with Crippen molar-refractivity contribution in [2.24, 2.45) is 10.9 Å². The molecule has 0 unspecified atom stereocenters. The largest absolute Gasteiger partial charge is 0.466 e. The Kier molecular flexibility index (Phi) is 11.5. The van der Waals surface area contributed by atoms with Crippen molar-refractivity contribution in [1.82, 2.24) is 15.1 Å². The standard InChI is InChI=1S/C19H36N4O2.HI/c1-4-25-18(24)16-10-13-23(14-11-16)19(20-2)21-12-15-22(3)17-8-6-5-7-9-17;/h16-17H,4-15H2,1-3H3,(H,20,21);1H. The fourth-order valence-corrected chi connectivity index (χ4v) is 3.97. The Morgan fingerprint density at radius 3 is 2.42 bits per heavy atom. The van der Waals surface area contributed by atoms with Gasteiger partial charge in [0.2, 0.25) is 0 Å². The smallest absolute Gasteiger partial charge is 0.309 e. The molecule has 1 aliphatic carbocycles. The molecule has 0 spiro atoms. The first-order chi connectivity index (χ1) is 12.2. The first kappa shape index (κ1) is 23.5. The van der Waals surface area contributed by atoms with Gasteiger partial charge in [-0.05, 0) is 39.7 Å². The van der Waals surface area contributed by atoms with E-state index >= 15 is 0 Å². The molecule has 0 bridgehead atoms. The second kappa shape index (κ2) is 12.8. The summed E-state index contributed by atoms with van der Waals surface area (Å²) in [4.78, 5) is 21.0. The van der Waals surface area contributed by atoms with Crippen molar-refractivity contribution in [2.45, 2.75) is 57.9 Å². The van der Waals surface area contributed by atoms with Gasteiger partial charge >= 0.3 is 5.97 Å². The van der Waals surface area contributed by atoms with Crippen LogP contribution >= 0.6 is 24.0 Å². The maximum atomic E-state index is 11.8. The van der Waals surface area contributed by atoms with Gasteiger partial charge in [0.25, 0.3) is 0 Å².